The summed E-state index contributed by atoms with van der Waals surface area (Å²) in [6, 6.07) is 6.57. The van der Waals surface area contributed by atoms with E-state index >= 15 is 0 Å². The Hall–Kier alpha value is -2.97. The molecule has 1 aromatic carbocycles. The Morgan fingerprint density at radius 3 is 2.79 bits per heavy atom. The van der Waals surface area contributed by atoms with Crippen LogP contribution in [0.25, 0.3) is 0 Å². The fraction of sp³-hybridized carbons (Fsp3) is 0.462. The summed E-state index contributed by atoms with van der Waals surface area (Å²) in [5, 5.41) is 14.4. The minimum Gasteiger partial charge on any atom is -0.470 e. The molecule has 1 N–H and O–H groups in total. The number of nitrogens with zero attached hydrogens (tertiary/aromatic N) is 1. The summed E-state index contributed by atoms with van der Waals surface area (Å²) in [7, 11) is 0. The highest BCUT2D eigenvalue weighted by atomic mass is 19.1. The number of nitro groups is 1. The number of ether oxygens (including phenoxy) is 3. The van der Waals surface area contributed by atoms with Crippen molar-refractivity contribution in [3.05, 3.63) is 87.1 Å². The predicted octanol–water partition coefficient (Wildman–Crippen LogP) is 5.75. The maximum Gasteiger partial charge on any atom is 0.269 e. The summed E-state index contributed by atoms with van der Waals surface area (Å²) in [6.07, 6.45) is 11.6. The fourth-order valence-electron chi connectivity index (χ4n) is 4.42. The third-order valence-corrected chi connectivity index (χ3v) is 6.33. The van der Waals surface area contributed by atoms with E-state index < -0.39 is 4.92 Å². The number of nitro benzene ring substituents is 1. The number of benzene rings is 1. The second kappa shape index (κ2) is 11.4. The summed E-state index contributed by atoms with van der Waals surface area (Å²) >= 11 is 0. The maximum atomic E-state index is 13.4. The van der Waals surface area contributed by atoms with Crippen molar-refractivity contribution in [1.82, 2.24) is 5.32 Å². The summed E-state index contributed by atoms with van der Waals surface area (Å²) < 4.78 is 31.6. The average molecular weight is 471 g/mol. The Morgan fingerprint density at radius 1 is 1.21 bits per heavy atom. The van der Waals surface area contributed by atoms with Gasteiger partial charge >= 0.3 is 0 Å². The molecular weight excluding hydrogens is 439 g/mol. The van der Waals surface area contributed by atoms with Crippen LogP contribution in [0.15, 0.2) is 71.4 Å². The first-order valence-corrected chi connectivity index (χ1v) is 11.8. The van der Waals surface area contributed by atoms with Gasteiger partial charge in [-0.1, -0.05) is 24.3 Å². The highest BCUT2D eigenvalue weighted by Crippen LogP contribution is 2.28. The van der Waals surface area contributed by atoms with Crippen molar-refractivity contribution in [2.24, 2.45) is 0 Å². The molecule has 1 saturated carbocycles. The average Bonchev–Trinajstić information content (AvgIpc) is 3.19. The zero-order valence-corrected chi connectivity index (χ0v) is 19.4. The lowest BCUT2D eigenvalue weighted by Gasteiger charge is -2.29. The Labute approximate surface area is 199 Å². The molecule has 7 nitrogen and oxygen atoms in total. The molecule has 0 radical (unpaired) electrons. The third kappa shape index (κ3) is 6.55. The van der Waals surface area contributed by atoms with Gasteiger partial charge in [-0.2, -0.15) is 0 Å². The SMILES string of the molecule is CC1=C(COC2CCCC(OCc3cccc([N+](=O)[O-])c3)C2)NC(/C2=C/CC=C(F)/C=C\C2)O1. The van der Waals surface area contributed by atoms with E-state index in [4.69, 9.17) is 14.2 Å². The van der Waals surface area contributed by atoms with Gasteiger partial charge in [0.05, 0.1) is 36.0 Å². The van der Waals surface area contributed by atoms with Crippen LogP contribution in [0.1, 0.15) is 51.0 Å². The van der Waals surface area contributed by atoms with E-state index in [0.717, 1.165) is 48.3 Å². The number of hydrogen-bond donors (Lipinski definition) is 1. The summed E-state index contributed by atoms with van der Waals surface area (Å²) in [6.45, 7) is 2.71. The van der Waals surface area contributed by atoms with E-state index in [2.05, 4.69) is 5.32 Å². The molecule has 1 heterocycles. The highest BCUT2D eigenvalue weighted by Gasteiger charge is 2.28. The van der Waals surface area contributed by atoms with Crippen molar-refractivity contribution in [2.75, 3.05) is 6.61 Å². The lowest BCUT2D eigenvalue weighted by atomic mass is 9.95. The monoisotopic (exact) mass is 470 g/mol. The van der Waals surface area contributed by atoms with Gasteiger partial charge in [0, 0.05) is 12.1 Å². The van der Waals surface area contributed by atoms with Crippen LogP contribution in [-0.4, -0.2) is 30.0 Å². The van der Waals surface area contributed by atoms with Crippen LogP contribution in [0.2, 0.25) is 0 Å². The van der Waals surface area contributed by atoms with Crippen molar-refractivity contribution < 1.29 is 23.5 Å². The second-order valence-corrected chi connectivity index (χ2v) is 8.85. The summed E-state index contributed by atoms with van der Waals surface area (Å²) in [5.74, 6) is 0.604. The summed E-state index contributed by atoms with van der Waals surface area (Å²) in [5.41, 5.74) is 2.88. The van der Waals surface area contributed by atoms with Crippen LogP contribution < -0.4 is 5.32 Å². The third-order valence-electron chi connectivity index (χ3n) is 6.33. The molecule has 0 amide bonds. The molecule has 0 saturated heterocycles. The van der Waals surface area contributed by atoms with Crippen LogP contribution in [0.5, 0.6) is 0 Å². The molecule has 1 fully saturated rings. The molecule has 0 spiro atoms. The molecule has 0 bridgehead atoms. The minimum absolute atomic E-state index is 0.0638. The highest BCUT2D eigenvalue weighted by molar-refractivity contribution is 5.34. The Bertz CT molecular complexity index is 1020. The Morgan fingerprint density at radius 2 is 2.00 bits per heavy atom. The van der Waals surface area contributed by atoms with Gasteiger partial charge in [-0.3, -0.25) is 10.1 Å². The van der Waals surface area contributed by atoms with E-state index in [1.54, 1.807) is 18.2 Å². The molecule has 0 aromatic heterocycles. The normalized spacial score (nSPS) is 27.5. The van der Waals surface area contributed by atoms with Crippen molar-refractivity contribution in [2.45, 2.75) is 70.5 Å². The number of nitrogens with one attached hydrogen (secondary N) is 1. The van der Waals surface area contributed by atoms with Gasteiger partial charge in [0.2, 0.25) is 0 Å². The molecule has 4 rings (SSSR count). The zero-order valence-electron chi connectivity index (χ0n) is 19.4. The van der Waals surface area contributed by atoms with Gasteiger partial charge < -0.3 is 19.5 Å². The van der Waals surface area contributed by atoms with Gasteiger partial charge in [-0.15, -0.1) is 0 Å². The van der Waals surface area contributed by atoms with Gasteiger partial charge in [-0.25, -0.2) is 4.39 Å². The lowest BCUT2D eigenvalue weighted by Crippen LogP contribution is -2.31. The first-order chi connectivity index (χ1) is 16.5. The van der Waals surface area contributed by atoms with Crippen LogP contribution in [-0.2, 0) is 20.8 Å². The van der Waals surface area contributed by atoms with Crippen molar-refractivity contribution >= 4 is 5.69 Å². The predicted molar refractivity (Wildman–Crippen MR) is 126 cm³/mol. The topological polar surface area (TPSA) is 82.9 Å². The van der Waals surface area contributed by atoms with Gasteiger partial charge in [0.25, 0.3) is 5.69 Å². The zero-order chi connectivity index (χ0) is 23.9. The Kier molecular flexibility index (Phi) is 8.13. The van der Waals surface area contributed by atoms with Gasteiger partial charge in [0.1, 0.15) is 11.6 Å². The lowest BCUT2D eigenvalue weighted by molar-refractivity contribution is -0.385. The molecule has 3 atom stereocenters. The molecule has 1 aliphatic heterocycles. The van der Waals surface area contributed by atoms with Crippen LogP contribution >= 0.6 is 0 Å². The van der Waals surface area contributed by atoms with Crippen LogP contribution in [0.4, 0.5) is 10.1 Å². The molecule has 2 aliphatic carbocycles. The quantitative estimate of drug-likeness (QED) is 0.296. The van der Waals surface area contributed by atoms with E-state index in [-0.39, 0.29) is 30.0 Å². The van der Waals surface area contributed by atoms with Crippen LogP contribution in [0.3, 0.4) is 0 Å². The summed E-state index contributed by atoms with van der Waals surface area (Å²) in [4.78, 5) is 10.6. The molecule has 8 heteroatoms. The molecular formula is C26H31FN2O5. The first-order valence-electron chi connectivity index (χ1n) is 11.8. The van der Waals surface area contributed by atoms with Crippen molar-refractivity contribution in [1.29, 1.82) is 0 Å². The standard InChI is InChI=1S/C26H31FN2O5/c1-18-25(28-26(34-18)20-7-3-9-21(27)10-4-8-20)17-33-24-13-5-12-23(15-24)32-16-19-6-2-11-22(14-19)29(30)31/h2-3,6,8-11,14,23-24,26,28H,4-5,7,12-13,15-17H2,1H3/b9-3-,20-8+,21-10?. The van der Waals surface area contributed by atoms with Crippen molar-refractivity contribution in [3.63, 3.8) is 0 Å². The molecule has 3 aliphatic rings. The number of non-ortho nitro benzene ring substituents is 1. The molecule has 34 heavy (non-hydrogen) atoms. The van der Waals surface area contributed by atoms with E-state index in [9.17, 15) is 14.5 Å². The fourth-order valence-corrected chi connectivity index (χ4v) is 4.42. The molecule has 3 unspecified atom stereocenters. The molecule has 1 aromatic rings. The number of allylic oxidation sites excluding steroid dienone is 6. The first kappa shape index (κ1) is 24.2. The number of halogens is 1. The second-order valence-electron chi connectivity index (χ2n) is 8.85. The molecule has 182 valence electrons. The smallest absolute Gasteiger partial charge is 0.269 e. The van der Waals surface area contributed by atoms with Crippen molar-refractivity contribution in [3.8, 4) is 0 Å². The Balaban J connectivity index is 1.24. The largest absolute Gasteiger partial charge is 0.470 e. The van der Waals surface area contributed by atoms with Gasteiger partial charge in [0.15, 0.2) is 6.23 Å². The minimum atomic E-state index is -0.392. The van der Waals surface area contributed by atoms with E-state index in [1.807, 2.05) is 25.1 Å². The van der Waals surface area contributed by atoms with Gasteiger partial charge in [-0.05, 0) is 68.7 Å². The van der Waals surface area contributed by atoms with E-state index in [1.165, 1.54) is 12.1 Å². The van der Waals surface area contributed by atoms with E-state index in [0.29, 0.717) is 26.1 Å². The number of hydrogen-bond acceptors (Lipinski definition) is 6. The maximum absolute atomic E-state index is 13.4. The number of rotatable bonds is 8. The van der Waals surface area contributed by atoms with Crippen LogP contribution in [0, 0.1) is 10.1 Å².